The van der Waals surface area contributed by atoms with E-state index in [0.29, 0.717) is 6.04 Å². The van der Waals surface area contributed by atoms with Gasteiger partial charge in [0.2, 0.25) is 0 Å². The lowest BCUT2D eigenvalue weighted by atomic mass is 10.2. The van der Waals surface area contributed by atoms with E-state index in [1.54, 1.807) is 11.3 Å². The van der Waals surface area contributed by atoms with Crippen molar-refractivity contribution in [3.8, 4) is 0 Å². The Kier molecular flexibility index (Phi) is 5.10. The van der Waals surface area contributed by atoms with Crippen molar-refractivity contribution in [2.75, 3.05) is 0 Å². The van der Waals surface area contributed by atoms with Gasteiger partial charge in [-0.2, -0.15) is 5.10 Å². The highest BCUT2D eigenvalue weighted by Crippen LogP contribution is 2.19. The molecule has 0 bridgehead atoms. The Bertz CT molecular complexity index is 490. The first-order valence-electron chi connectivity index (χ1n) is 6.96. The molecular formula is C14H22N4S. The molecule has 0 saturated carbocycles. The number of nitrogens with one attached hydrogen (secondary N) is 1. The molecule has 0 aliphatic rings. The lowest BCUT2D eigenvalue weighted by Gasteiger charge is -2.14. The van der Waals surface area contributed by atoms with E-state index >= 15 is 0 Å². The van der Waals surface area contributed by atoms with Crippen LogP contribution in [0.25, 0.3) is 0 Å². The molecule has 5 heteroatoms. The topological polar surface area (TPSA) is 42.7 Å². The molecule has 1 atom stereocenters. The number of aryl methyl sites for hydroxylation is 2. The molecule has 1 N–H and O–H groups in total. The smallest absolute Gasteiger partial charge is 0.109 e. The van der Waals surface area contributed by atoms with Gasteiger partial charge in [0, 0.05) is 24.7 Å². The highest BCUT2D eigenvalue weighted by atomic mass is 32.1. The Morgan fingerprint density at radius 1 is 1.37 bits per heavy atom. The van der Waals surface area contributed by atoms with Crippen molar-refractivity contribution in [3.63, 3.8) is 0 Å². The van der Waals surface area contributed by atoms with Crippen molar-refractivity contribution in [1.82, 2.24) is 20.1 Å². The SMILES string of the molecule is CCc1cc(CNC(CC)c2nccs2)n(CC)n1. The van der Waals surface area contributed by atoms with Crippen LogP contribution < -0.4 is 5.32 Å². The van der Waals surface area contributed by atoms with Crippen LogP contribution in [-0.4, -0.2) is 14.8 Å². The predicted molar refractivity (Wildman–Crippen MR) is 79.3 cm³/mol. The summed E-state index contributed by atoms with van der Waals surface area (Å²) < 4.78 is 2.08. The molecular weight excluding hydrogens is 256 g/mol. The molecule has 104 valence electrons. The van der Waals surface area contributed by atoms with Crippen molar-refractivity contribution < 1.29 is 0 Å². The Balaban J connectivity index is 2.03. The second-order valence-corrected chi connectivity index (χ2v) is 5.43. The van der Waals surface area contributed by atoms with Gasteiger partial charge in [-0.3, -0.25) is 4.68 Å². The Morgan fingerprint density at radius 3 is 2.79 bits per heavy atom. The van der Waals surface area contributed by atoms with E-state index in [0.717, 1.165) is 25.9 Å². The third kappa shape index (κ3) is 3.42. The molecule has 19 heavy (non-hydrogen) atoms. The molecule has 0 spiro atoms. The minimum atomic E-state index is 0.338. The molecule has 2 heterocycles. The molecule has 2 rings (SSSR count). The summed E-state index contributed by atoms with van der Waals surface area (Å²) >= 11 is 1.71. The van der Waals surface area contributed by atoms with Crippen LogP contribution in [0.3, 0.4) is 0 Å². The van der Waals surface area contributed by atoms with Crippen molar-refractivity contribution in [2.24, 2.45) is 0 Å². The highest BCUT2D eigenvalue weighted by molar-refractivity contribution is 7.09. The second kappa shape index (κ2) is 6.82. The number of hydrogen-bond acceptors (Lipinski definition) is 4. The lowest BCUT2D eigenvalue weighted by molar-refractivity contribution is 0.492. The van der Waals surface area contributed by atoms with Gasteiger partial charge in [0.15, 0.2) is 0 Å². The maximum absolute atomic E-state index is 4.58. The van der Waals surface area contributed by atoms with Crippen LogP contribution in [0, 0.1) is 0 Å². The van der Waals surface area contributed by atoms with E-state index in [4.69, 9.17) is 0 Å². The minimum absolute atomic E-state index is 0.338. The van der Waals surface area contributed by atoms with Gasteiger partial charge in [0.05, 0.1) is 17.4 Å². The Hall–Kier alpha value is -1.20. The maximum atomic E-state index is 4.58. The first kappa shape index (κ1) is 14.2. The summed E-state index contributed by atoms with van der Waals surface area (Å²) in [5.41, 5.74) is 2.43. The van der Waals surface area contributed by atoms with Crippen LogP contribution in [0.4, 0.5) is 0 Å². The minimum Gasteiger partial charge on any atom is -0.302 e. The fourth-order valence-corrected chi connectivity index (χ4v) is 2.94. The normalized spacial score (nSPS) is 12.8. The van der Waals surface area contributed by atoms with Gasteiger partial charge in [0.1, 0.15) is 5.01 Å². The van der Waals surface area contributed by atoms with Crippen molar-refractivity contribution in [3.05, 3.63) is 34.0 Å². The molecule has 4 nitrogen and oxygen atoms in total. The average molecular weight is 278 g/mol. The van der Waals surface area contributed by atoms with Gasteiger partial charge in [0.25, 0.3) is 0 Å². The number of nitrogens with zero attached hydrogens (tertiary/aromatic N) is 3. The van der Waals surface area contributed by atoms with Crippen LogP contribution in [0.15, 0.2) is 17.6 Å². The van der Waals surface area contributed by atoms with E-state index < -0.39 is 0 Å². The number of thiazole rings is 1. The van der Waals surface area contributed by atoms with E-state index in [2.05, 4.69) is 46.9 Å². The van der Waals surface area contributed by atoms with Crippen LogP contribution in [-0.2, 0) is 19.5 Å². The molecule has 0 fully saturated rings. The second-order valence-electron chi connectivity index (χ2n) is 4.51. The average Bonchev–Trinajstić information content (AvgIpc) is 3.08. The largest absolute Gasteiger partial charge is 0.302 e. The highest BCUT2D eigenvalue weighted by Gasteiger charge is 2.13. The number of rotatable bonds is 7. The maximum Gasteiger partial charge on any atom is 0.109 e. The monoisotopic (exact) mass is 278 g/mol. The van der Waals surface area contributed by atoms with Crippen molar-refractivity contribution in [1.29, 1.82) is 0 Å². The van der Waals surface area contributed by atoms with Gasteiger partial charge < -0.3 is 5.32 Å². The third-order valence-corrected chi connectivity index (χ3v) is 4.15. The van der Waals surface area contributed by atoms with Crippen LogP contribution >= 0.6 is 11.3 Å². The molecule has 2 aromatic heterocycles. The quantitative estimate of drug-likeness (QED) is 0.846. The first-order chi connectivity index (χ1) is 9.28. The van der Waals surface area contributed by atoms with Crippen LogP contribution in [0.5, 0.6) is 0 Å². The van der Waals surface area contributed by atoms with Crippen molar-refractivity contribution in [2.45, 2.75) is 52.7 Å². The molecule has 0 saturated heterocycles. The van der Waals surface area contributed by atoms with Gasteiger partial charge in [-0.05, 0) is 25.8 Å². The van der Waals surface area contributed by atoms with Gasteiger partial charge in [-0.25, -0.2) is 4.98 Å². The summed E-state index contributed by atoms with van der Waals surface area (Å²) in [7, 11) is 0. The van der Waals surface area contributed by atoms with Gasteiger partial charge in [-0.1, -0.05) is 13.8 Å². The summed E-state index contributed by atoms with van der Waals surface area (Å²) in [6, 6.07) is 2.54. The third-order valence-electron chi connectivity index (χ3n) is 3.26. The fourth-order valence-electron chi connectivity index (χ4n) is 2.14. The molecule has 0 aliphatic heterocycles. The summed E-state index contributed by atoms with van der Waals surface area (Å²) in [5, 5.41) is 11.4. The van der Waals surface area contributed by atoms with Crippen molar-refractivity contribution >= 4 is 11.3 Å². The zero-order chi connectivity index (χ0) is 13.7. The summed E-state index contributed by atoms with van der Waals surface area (Å²) in [4.78, 5) is 4.40. The Morgan fingerprint density at radius 2 is 2.21 bits per heavy atom. The Labute approximate surface area is 118 Å². The van der Waals surface area contributed by atoms with Gasteiger partial charge >= 0.3 is 0 Å². The molecule has 2 aromatic rings. The zero-order valence-electron chi connectivity index (χ0n) is 11.9. The van der Waals surface area contributed by atoms with E-state index in [-0.39, 0.29) is 0 Å². The number of aromatic nitrogens is 3. The molecule has 0 aliphatic carbocycles. The molecule has 0 radical (unpaired) electrons. The number of hydrogen-bond donors (Lipinski definition) is 1. The van der Waals surface area contributed by atoms with E-state index in [1.165, 1.54) is 16.4 Å². The summed E-state index contributed by atoms with van der Waals surface area (Å²) in [6.45, 7) is 8.23. The van der Waals surface area contributed by atoms with Gasteiger partial charge in [-0.15, -0.1) is 11.3 Å². The van der Waals surface area contributed by atoms with Crippen LogP contribution in [0.2, 0.25) is 0 Å². The van der Waals surface area contributed by atoms with Crippen LogP contribution in [0.1, 0.15) is 49.6 Å². The first-order valence-corrected chi connectivity index (χ1v) is 7.84. The molecule has 1 unspecified atom stereocenters. The fraction of sp³-hybridized carbons (Fsp3) is 0.571. The predicted octanol–water partition coefficient (Wildman–Crippen LogP) is 3.16. The zero-order valence-corrected chi connectivity index (χ0v) is 12.7. The van der Waals surface area contributed by atoms with E-state index in [9.17, 15) is 0 Å². The summed E-state index contributed by atoms with van der Waals surface area (Å²) in [5.74, 6) is 0. The molecule has 0 aromatic carbocycles. The molecule has 0 amide bonds. The summed E-state index contributed by atoms with van der Waals surface area (Å²) in [6.07, 6.45) is 3.91. The standard InChI is InChI=1S/C14H22N4S/c1-4-11-9-12(18(6-3)17-11)10-16-13(5-2)14-15-7-8-19-14/h7-9,13,16H,4-6,10H2,1-3H3. The van der Waals surface area contributed by atoms with E-state index in [1.807, 2.05) is 11.6 Å². The lowest BCUT2D eigenvalue weighted by Crippen LogP contribution is -2.22.